The average molecular weight is 407 g/mol. The normalized spacial score (nSPS) is 19.6. The topological polar surface area (TPSA) is 64.1 Å². The highest BCUT2D eigenvalue weighted by molar-refractivity contribution is 7.09. The number of aromatic nitrogens is 1. The van der Waals surface area contributed by atoms with Crippen molar-refractivity contribution in [2.24, 2.45) is 4.99 Å². The van der Waals surface area contributed by atoms with Crippen LogP contribution in [0.1, 0.15) is 43.3 Å². The van der Waals surface area contributed by atoms with Crippen LogP contribution in [-0.2, 0) is 17.8 Å². The standard InChI is InChI=1S/C20H34N6OS/c1-3-18-23-17(16-28-18)14-22-20(21-2)26-12-10-24(11-13-26)15-19(27)25-8-6-4-5-7-9-25/h16H,3-15H2,1-2H3,(H,21,22). The molecule has 1 N–H and O–H groups in total. The molecule has 156 valence electrons. The van der Waals surface area contributed by atoms with Crippen LogP contribution in [0, 0.1) is 0 Å². The first-order valence-corrected chi connectivity index (χ1v) is 11.5. The summed E-state index contributed by atoms with van der Waals surface area (Å²) in [6.45, 7) is 8.85. The summed E-state index contributed by atoms with van der Waals surface area (Å²) in [6.07, 6.45) is 5.81. The molecule has 1 aromatic heterocycles. The predicted octanol–water partition coefficient (Wildman–Crippen LogP) is 1.80. The van der Waals surface area contributed by atoms with Gasteiger partial charge in [0, 0.05) is 51.7 Å². The molecule has 7 nitrogen and oxygen atoms in total. The molecular weight excluding hydrogens is 372 g/mol. The number of amides is 1. The number of aliphatic imine (C=N–C) groups is 1. The second-order valence-corrected chi connectivity index (χ2v) is 8.49. The maximum Gasteiger partial charge on any atom is 0.236 e. The van der Waals surface area contributed by atoms with Gasteiger partial charge in [-0.3, -0.25) is 14.7 Å². The molecule has 2 saturated heterocycles. The molecule has 0 spiro atoms. The Morgan fingerprint density at radius 2 is 1.82 bits per heavy atom. The van der Waals surface area contributed by atoms with Crippen LogP contribution in [0.15, 0.2) is 10.4 Å². The fraction of sp³-hybridized carbons (Fsp3) is 0.750. The summed E-state index contributed by atoms with van der Waals surface area (Å²) < 4.78 is 0. The van der Waals surface area contributed by atoms with Gasteiger partial charge >= 0.3 is 0 Å². The van der Waals surface area contributed by atoms with E-state index >= 15 is 0 Å². The molecule has 0 saturated carbocycles. The third-order valence-corrected chi connectivity index (χ3v) is 6.57. The number of carbonyl (C=O) groups excluding carboxylic acids is 1. The van der Waals surface area contributed by atoms with Crippen molar-refractivity contribution in [2.75, 3.05) is 52.9 Å². The Morgan fingerprint density at radius 3 is 2.43 bits per heavy atom. The molecule has 3 rings (SSSR count). The first-order valence-electron chi connectivity index (χ1n) is 10.6. The molecule has 2 aliphatic heterocycles. The maximum atomic E-state index is 12.6. The molecule has 0 atom stereocenters. The van der Waals surface area contributed by atoms with Crippen molar-refractivity contribution in [1.29, 1.82) is 0 Å². The van der Waals surface area contributed by atoms with Gasteiger partial charge in [-0.1, -0.05) is 19.8 Å². The summed E-state index contributed by atoms with van der Waals surface area (Å²) in [5.41, 5.74) is 1.07. The molecular formula is C20H34N6OS. The number of nitrogens with one attached hydrogen (secondary N) is 1. The van der Waals surface area contributed by atoms with Crippen LogP contribution in [-0.4, -0.2) is 84.4 Å². The molecule has 0 radical (unpaired) electrons. The van der Waals surface area contributed by atoms with Crippen molar-refractivity contribution >= 4 is 23.2 Å². The van der Waals surface area contributed by atoms with E-state index in [1.54, 1.807) is 11.3 Å². The van der Waals surface area contributed by atoms with Crippen LogP contribution in [0.25, 0.3) is 0 Å². The monoisotopic (exact) mass is 406 g/mol. The Bertz CT molecular complexity index is 645. The van der Waals surface area contributed by atoms with E-state index in [1.165, 1.54) is 17.8 Å². The quantitative estimate of drug-likeness (QED) is 0.597. The lowest BCUT2D eigenvalue weighted by molar-refractivity contribution is -0.132. The zero-order chi connectivity index (χ0) is 19.8. The van der Waals surface area contributed by atoms with Gasteiger partial charge in [0.05, 0.1) is 23.8 Å². The zero-order valence-corrected chi connectivity index (χ0v) is 18.1. The molecule has 3 heterocycles. The number of likely N-dealkylation sites (tertiary alicyclic amines) is 1. The second-order valence-electron chi connectivity index (χ2n) is 7.55. The number of hydrogen-bond donors (Lipinski definition) is 1. The van der Waals surface area contributed by atoms with Gasteiger partial charge in [-0.15, -0.1) is 11.3 Å². The number of aryl methyl sites for hydroxylation is 1. The van der Waals surface area contributed by atoms with Gasteiger partial charge in [-0.25, -0.2) is 4.98 Å². The minimum atomic E-state index is 0.299. The average Bonchev–Trinajstić information content (AvgIpc) is 3.01. The highest BCUT2D eigenvalue weighted by atomic mass is 32.1. The van der Waals surface area contributed by atoms with E-state index in [4.69, 9.17) is 0 Å². The lowest BCUT2D eigenvalue weighted by Gasteiger charge is -2.36. The molecule has 0 aliphatic carbocycles. The fourth-order valence-electron chi connectivity index (χ4n) is 3.82. The molecule has 2 aliphatic rings. The number of carbonyl (C=O) groups is 1. The summed E-state index contributed by atoms with van der Waals surface area (Å²) in [5.74, 6) is 1.22. The summed E-state index contributed by atoms with van der Waals surface area (Å²) in [6, 6.07) is 0. The number of piperazine rings is 1. The van der Waals surface area contributed by atoms with Crippen molar-refractivity contribution in [3.8, 4) is 0 Å². The van der Waals surface area contributed by atoms with E-state index in [9.17, 15) is 4.79 Å². The highest BCUT2D eigenvalue weighted by Gasteiger charge is 2.23. The Balaban J connectivity index is 1.42. The van der Waals surface area contributed by atoms with Crippen molar-refractivity contribution in [3.05, 3.63) is 16.1 Å². The zero-order valence-electron chi connectivity index (χ0n) is 17.3. The molecule has 0 bridgehead atoms. The highest BCUT2D eigenvalue weighted by Crippen LogP contribution is 2.12. The van der Waals surface area contributed by atoms with Crippen molar-refractivity contribution < 1.29 is 4.79 Å². The number of nitrogens with zero attached hydrogens (tertiary/aromatic N) is 5. The molecule has 0 aromatic carbocycles. The smallest absolute Gasteiger partial charge is 0.236 e. The molecule has 1 aromatic rings. The van der Waals surface area contributed by atoms with Gasteiger partial charge < -0.3 is 15.1 Å². The van der Waals surface area contributed by atoms with Gasteiger partial charge in [0.15, 0.2) is 5.96 Å². The molecule has 8 heteroatoms. The van der Waals surface area contributed by atoms with E-state index in [1.807, 2.05) is 7.05 Å². The van der Waals surface area contributed by atoms with E-state index in [-0.39, 0.29) is 0 Å². The van der Waals surface area contributed by atoms with Gasteiger partial charge in [-0.2, -0.15) is 0 Å². The van der Waals surface area contributed by atoms with Crippen LogP contribution in [0.5, 0.6) is 0 Å². The van der Waals surface area contributed by atoms with E-state index in [2.05, 4.69) is 42.3 Å². The maximum absolute atomic E-state index is 12.6. The van der Waals surface area contributed by atoms with Gasteiger partial charge in [0.1, 0.15) is 0 Å². The molecule has 2 fully saturated rings. The van der Waals surface area contributed by atoms with Crippen LogP contribution in [0.3, 0.4) is 0 Å². The van der Waals surface area contributed by atoms with Gasteiger partial charge in [0.25, 0.3) is 0 Å². The summed E-state index contributed by atoms with van der Waals surface area (Å²) in [5, 5.41) is 6.73. The number of guanidine groups is 1. The van der Waals surface area contributed by atoms with Crippen LogP contribution >= 0.6 is 11.3 Å². The van der Waals surface area contributed by atoms with Crippen LogP contribution in [0.4, 0.5) is 0 Å². The Hall–Kier alpha value is -1.67. The lowest BCUT2D eigenvalue weighted by Crippen LogP contribution is -2.54. The third-order valence-electron chi connectivity index (χ3n) is 5.53. The first kappa shape index (κ1) is 21.0. The second kappa shape index (κ2) is 10.8. The minimum absolute atomic E-state index is 0.299. The third kappa shape index (κ3) is 5.91. The van der Waals surface area contributed by atoms with E-state index < -0.39 is 0 Å². The summed E-state index contributed by atoms with van der Waals surface area (Å²) in [7, 11) is 1.83. The van der Waals surface area contributed by atoms with Crippen LogP contribution in [0.2, 0.25) is 0 Å². The Kier molecular flexibility index (Phi) is 8.09. The first-order chi connectivity index (χ1) is 13.7. The number of thiazole rings is 1. The Labute approximate surface area is 172 Å². The summed E-state index contributed by atoms with van der Waals surface area (Å²) in [4.78, 5) is 28.3. The van der Waals surface area contributed by atoms with Crippen LogP contribution < -0.4 is 5.32 Å². The molecule has 28 heavy (non-hydrogen) atoms. The minimum Gasteiger partial charge on any atom is -0.351 e. The summed E-state index contributed by atoms with van der Waals surface area (Å²) >= 11 is 1.72. The Morgan fingerprint density at radius 1 is 1.11 bits per heavy atom. The fourth-order valence-corrected chi connectivity index (χ4v) is 4.57. The predicted molar refractivity (Wildman–Crippen MR) is 115 cm³/mol. The molecule has 0 unspecified atom stereocenters. The SMILES string of the molecule is CCc1nc(CNC(=NC)N2CCN(CC(=O)N3CCCCCC3)CC2)cs1. The van der Waals surface area contributed by atoms with Gasteiger partial charge in [0.2, 0.25) is 5.91 Å². The largest absolute Gasteiger partial charge is 0.351 e. The molecule has 1 amide bonds. The van der Waals surface area contributed by atoms with Crippen molar-refractivity contribution in [3.63, 3.8) is 0 Å². The van der Waals surface area contributed by atoms with E-state index in [0.717, 1.165) is 70.2 Å². The number of hydrogen-bond acceptors (Lipinski definition) is 5. The lowest BCUT2D eigenvalue weighted by atomic mass is 10.2. The van der Waals surface area contributed by atoms with Gasteiger partial charge in [-0.05, 0) is 19.3 Å². The number of rotatable bonds is 5. The van der Waals surface area contributed by atoms with Crippen molar-refractivity contribution in [2.45, 2.75) is 45.6 Å². The van der Waals surface area contributed by atoms with Crippen molar-refractivity contribution in [1.82, 2.24) is 25.0 Å². The van der Waals surface area contributed by atoms with E-state index in [0.29, 0.717) is 19.0 Å².